The minimum atomic E-state index is -0.147. The highest BCUT2D eigenvalue weighted by Gasteiger charge is 2.30. The van der Waals surface area contributed by atoms with Gasteiger partial charge in [-0.3, -0.25) is 9.69 Å². The molecule has 0 saturated carbocycles. The molecule has 0 N–H and O–H groups in total. The lowest BCUT2D eigenvalue weighted by molar-refractivity contribution is -0.121. The molecule has 0 bridgehead atoms. The number of thioether (sulfide) groups is 1. The highest BCUT2D eigenvalue weighted by molar-refractivity contribution is 9.10. The van der Waals surface area contributed by atoms with Crippen LogP contribution in [-0.2, 0) is 4.79 Å². The minimum absolute atomic E-state index is 0.147. The second-order valence-corrected chi connectivity index (χ2v) is 8.20. The normalized spacial score (nSPS) is 16.6. The van der Waals surface area contributed by atoms with Gasteiger partial charge in [-0.25, -0.2) is 4.99 Å². The van der Waals surface area contributed by atoms with Crippen molar-refractivity contribution < 1.29 is 19.0 Å². The first-order chi connectivity index (χ1) is 13.9. The third-order valence-corrected chi connectivity index (χ3v) is 6.41. The van der Waals surface area contributed by atoms with Crippen LogP contribution < -0.4 is 14.2 Å². The molecule has 0 spiro atoms. The van der Waals surface area contributed by atoms with Crippen LogP contribution in [0.15, 0.2) is 44.7 Å². The average molecular weight is 498 g/mol. The fourth-order valence-electron chi connectivity index (χ4n) is 2.65. The molecule has 0 radical (unpaired) electrons. The van der Waals surface area contributed by atoms with Crippen molar-refractivity contribution >= 4 is 62.1 Å². The van der Waals surface area contributed by atoms with E-state index in [2.05, 4.69) is 20.9 Å². The summed E-state index contributed by atoms with van der Waals surface area (Å²) in [6, 6.07) is 8.94. The second-order valence-electron chi connectivity index (χ2n) is 5.93. The molecule has 3 rings (SSSR count). The monoisotopic (exact) mass is 496 g/mol. The molecule has 152 valence electrons. The molecule has 1 heterocycles. The summed E-state index contributed by atoms with van der Waals surface area (Å²) in [6.45, 7) is 0. The average Bonchev–Trinajstić information content (AvgIpc) is 2.97. The quantitative estimate of drug-likeness (QED) is 0.520. The van der Waals surface area contributed by atoms with Gasteiger partial charge in [-0.1, -0.05) is 11.6 Å². The lowest BCUT2D eigenvalue weighted by Gasteiger charge is -2.13. The molecule has 1 fully saturated rings. The molecule has 2 aromatic rings. The number of benzene rings is 2. The Labute approximate surface area is 186 Å². The van der Waals surface area contributed by atoms with Crippen LogP contribution in [0.3, 0.4) is 0 Å². The van der Waals surface area contributed by atoms with Gasteiger partial charge in [0.25, 0.3) is 5.91 Å². The number of carbonyl (C=O) groups excluding carboxylic acids is 1. The van der Waals surface area contributed by atoms with E-state index in [1.54, 1.807) is 52.7 Å². The Morgan fingerprint density at radius 3 is 2.31 bits per heavy atom. The molecule has 0 unspecified atom stereocenters. The van der Waals surface area contributed by atoms with E-state index in [4.69, 9.17) is 25.8 Å². The first-order valence-corrected chi connectivity index (χ1v) is 10.4. The number of hydrogen-bond donors (Lipinski definition) is 0. The number of carbonyl (C=O) groups is 1. The summed E-state index contributed by atoms with van der Waals surface area (Å²) in [7, 11) is 6.32. The predicted molar refractivity (Wildman–Crippen MR) is 121 cm³/mol. The van der Waals surface area contributed by atoms with Gasteiger partial charge in [0.05, 0.1) is 36.9 Å². The molecule has 1 aliphatic heterocycles. The van der Waals surface area contributed by atoms with Crippen LogP contribution in [0, 0.1) is 0 Å². The van der Waals surface area contributed by atoms with E-state index < -0.39 is 0 Å². The molecular weight excluding hydrogens is 480 g/mol. The number of rotatable bonds is 5. The molecule has 29 heavy (non-hydrogen) atoms. The van der Waals surface area contributed by atoms with Gasteiger partial charge >= 0.3 is 0 Å². The highest BCUT2D eigenvalue weighted by Crippen LogP contribution is 2.40. The number of ether oxygens (including phenoxy) is 3. The fourth-order valence-corrected chi connectivity index (χ4v) is 4.06. The predicted octanol–water partition coefficient (Wildman–Crippen LogP) is 5.36. The van der Waals surface area contributed by atoms with E-state index in [-0.39, 0.29) is 5.91 Å². The van der Waals surface area contributed by atoms with Crippen LogP contribution in [-0.4, -0.2) is 44.4 Å². The number of methoxy groups -OCH3 is 3. The number of likely N-dealkylation sites (N-methyl/N-ethyl adjacent to an activating group) is 1. The van der Waals surface area contributed by atoms with Crippen LogP contribution in [0.25, 0.3) is 6.08 Å². The van der Waals surface area contributed by atoms with Crippen LogP contribution in [0.5, 0.6) is 17.2 Å². The van der Waals surface area contributed by atoms with Crippen LogP contribution in [0.1, 0.15) is 5.56 Å². The van der Waals surface area contributed by atoms with Gasteiger partial charge in [-0.2, -0.15) is 0 Å². The molecule has 6 nitrogen and oxygen atoms in total. The summed E-state index contributed by atoms with van der Waals surface area (Å²) >= 11 is 10.8. The summed E-state index contributed by atoms with van der Waals surface area (Å²) in [5, 5.41) is 1.11. The summed E-state index contributed by atoms with van der Waals surface area (Å²) < 4.78 is 16.9. The van der Waals surface area contributed by atoms with Crippen molar-refractivity contribution in [1.29, 1.82) is 0 Å². The zero-order valence-electron chi connectivity index (χ0n) is 16.2. The number of amidine groups is 1. The van der Waals surface area contributed by atoms with Crippen molar-refractivity contribution in [1.82, 2.24) is 4.90 Å². The van der Waals surface area contributed by atoms with Gasteiger partial charge in [-0.05, 0) is 69.7 Å². The first-order valence-electron chi connectivity index (χ1n) is 8.39. The lowest BCUT2D eigenvalue weighted by Crippen LogP contribution is -2.23. The van der Waals surface area contributed by atoms with Gasteiger partial charge in [0.1, 0.15) is 0 Å². The maximum atomic E-state index is 12.7. The Morgan fingerprint density at radius 2 is 1.76 bits per heavy atom. The third kappa shape index (κ3) is 4.55. The Hall–Kier alpha value is -2.16. The lowest BCUT2D eigenvalue weighted by atomic mass is 10.1. The summed E-state index contributed by atoms with van der Waals surface area (Å²) in [5.74, 6) is 1.38. The van der Waals surface area contributed by atoms with Crippen molar-refractivity contribution in [2.24, 2.45) is 4.99 Å². The maximum absolute atomic E-state index is 12.7. The maximum Gasteiger partial charge on any atom is 0.266 e. The molecular formula is C20H18BrClN2O4S. The Bertz CT molecular complexity index is 1000. The molecule has 1 aliphatic rings. The van der Waals surface area contributed by atoms with E-state index in [0.29, 0.717) is 38.0 Å². The van der Waals surface area contributed by atoms with Crippen molar-refractivity contribution in [3.8, 4) is 17.2 Å². The van der Waals surface area contributed by atoms with Crippen molar-refractivity contribution in [2.45, 2.75) is 0 Å². The topological polar surface area (TPSA) is 60.4 Å². The zero-order chi connectivity index (χ0) is 21.1. The van der Waals surface area contributed by atoms with Gasteiger partial charge < -0.3 is 14.2 Å². The Balaban J connectivity index is 1.96. The summed E-state index contributed by atoms with van der Waals surface area (Å²) in [4.78, 5) is 19.3. The third-order valence-electron chi connectivity index (χ3n) is 4.12. The number of halogens is 2. The molecule has 0 aliphatic carbocycles. The standard InChI is InChI=1S/C20H18BrClN2O4S/c1-24-19(25)17(29-20(24)23-12-5-6-13(21)14(22)10-12)9-11-7-15(26-2)18(28-4)16(8-11)27-3/h5-10H,1-4H3/b17-9-,23-20?. The molecule has 0 atom stereocenters. The van der Waals surface area contributed by atoms with Crippen molar-refractivity contribution in [3.63, 3.8) is 0 Å². The van der Waals surface area contributed by atoms with Gasteiger partial charge in [0.2, 0.25) is 5.75 Å². The van der Waals surface area contributed by atoms with Crippen molar-refractivity contribution in [2.75, 3.05) is 28.4 Å². The van der Waals surface area contributed by atoms with Crippen LogP contribution >= 0.6 is 39.3 Å². The Kier molecular flexibility index (Phi) is 6.77. The van der Waals surface area contributed by atoms with Crippen LogP contribution in [0.2, 0.25) is 5.02 Å². The summed E-state index contributed by atoms with van der Waals surface area (Å²) in [5.41, 5.74) is 1.41. The Morgan fingerprint density at radius 1 is 1.10 bits per heavy atom. The SMILES string of the molecule is COc1cc(/C=C2\SC(=Nc3ccc(Br)c(Cl)c3)N(C)C2=O)cc(OC)c1OC. The van der Waals surface area contributed by atoms with Crippen molar-refractivity contribution in [3.05, 3.63) is 50.3 Å². The molecule has 0 aromatic heterocycles. The number of amides is 1. The van der Waals surface area contributed by atoms with Gasteiger partial charge in [0, 0.05) is 11.5 Å². The largest absolute Gasteiger partial charge is 0.493 e. The van der Waals surface area contributed by atoms with E-state index in [1.165, 1.54) is 16.7 Å². The van der Waals surface area contributed by atoms with E-state index in [9.17, 15) is 4.79 Å². The van der Waals surface area contributed by atoms with Crippen LogP contribution in [0.4, 0.5) is 5.69 Å². The van der Waals surface area contributed by atoms with E-state index >= 15 is 0 Å². The van der Waals surface area contributed by atoms with E-state index in [0.717, 1.165) is 10.0 Å². The summed E-state index contributed by atoms with van der Waals surface area (Å²) in [6.07, 6.45) is 1.77. The number of hydrogen-bond acceptors (Lipinski definition) is 6. The molecule has 1 saturated heterocycles. The smallest absolute Gasteiger partial charge is 0.266 e. The second kappa shape index (κ2) is 9.11. The minimum Gasteiger partial charge on any atom is -0.493 e. The first kappa shape index (κ1) is 21.5. The number of aliphatic imine (C=N–C) groups is 1. The molecule has 1 amide bonds. The van der Waals surface area contributed by atoms with Gasteiger partial charge in [0.15, 0.2) is 16.7 Å². The van der Waals surface area contributed by atoms with Gasteiger partial charge in [-0.15, -0.1) is 0 Å². The molecule has 9 heteroatoms. The fraction of sp³-hybridized carbons (Fsp3) is 0.200. The highest BCUT2D eigenvalue weighted by atomic mass is 79.9. The van der Waals surface area contributed by atoms with E-state index in [1.807, 2.05) is 12.1 Å². The number of nitrogens with zero attached hydrogens (tertiary/aromatic N) is 2. The molecule has 2 aromatic carbocycles. The zero-order valence-corrected chi connectivity index (χ0v) is 19.3.